The first-order valence-corrected chi connectivity index (χ1v) is 4.54. The van der Waals surface area contributed by atoms with Crippen molar-refractivity contribution in [2.45, 2.75) is 0 Å². The van der Waals surface area contributed by atoms with Crippen molar-refractivity contribution in [2.75, 3.05) is 36.9 Å². The molecule has 2 rings (SSSR count). The van der Waals surface area contributed by atoms with E-state index in [0.29, 0.717) is 0 Å². The van der Waals surface area contributed by atoms with E-state index in [1.54, 1.807) is 0 Å². The van der Waals surface area contributed by atoms with Crippen molar-refractivity contribution in [1.82, 2.24) is 0 Å². The zero-order valence-electron chi connectivity index (χ0n) is 8.39. The Hall–Kier alpha value is -0.640. The molecule has 3 nitrogen and oxygen atoms in total. The Bertz CT molecular complexity index is 273. The number of nitrogens with zero attached hydrogens (tertiary/aromatic N) is 1. The number of ether oxygens (including phenoxy) is 1. The van der Waals surface area contributed by atoms with Gasteiger partial charge in [-0.3, -0.25) is 0 Å². The molecular weight excluding hydrogens is 235 g/mol. The van der Waals surface area contributed by atoms with Crippen LogP contribution in [0.25, 0.3) is 0 Å². The Morgan fingerprint density at radius 1 is 1.00 bits per heavy atom. The molecule has 0 bridgehead atoms. The molecule has 0 radical (unpaired) electrons. The molecule has 1 aromatic carbocycles. The van der Waals surface area contributed by atoms with Crippen LogP contribution in [0.15, 0.2) is 24.3 Å². The minimum absolute atomic E-state index is 0. The number of benzene rings is 1. The van der Waals surface area contributed by atoms with Gasteiger partial charge in [-0.25, -0.2) is 0 Å². The first-order chi connectivity index (χ1) is 6.36. The molecule has 0 saturated carbocycles. The summed E-state index contributed by atoms with van der Waals surface area (Å²) in [4.78, 5) is 2.31. The molecule has 1 aromatic rings. The van der Waals surface area contributed by atoms with Gasteiger partial charge < -0.3 is 15.4 Å². The maximum absolute atomic E-state index is 5.61. The Morgan fingerprint density at radius 3 is 2.07 bits per heavy atom. The molecule has 1 fully saturated rings. The lowest BCUT2D eigenvalue weighted by atomic mass is 10.2. The number of halogens is 2. The minimum Gasteiger partial charge on any atom is -0.399 e. The SMILES string of the molecule is Cl.Cl.Nc1ccc(N2CCOCC2)cc1. The molecule has 0 atom stereocenters. The molecule has 0 spiro atoms. The molecular formula is C10H16Cl2N2O. The highest BCUT2D eigenvalue weighted by atomic mass is 35.5. The highest BCUT2D eigenvalue weighted by Gasteiger charge is 2.09. The summed E-state index contributed by atoms with van der Waals surface area (Å²) in [6.45, 7) is 3.60. The molecule has 15 heavy (non-hydrogen) atoms. The molecule has 86 valence electrons. The summed E-state index contributed by atoms with van der Waals surface area (Å²) in [7, 11) is 0. The van der Waals surface area contributed by atoms with E-state index in [1.165, 1.54) is 5.69 Å². The third-order valence-corrected chi connectivity index (χ3v) is 2.27. The number of hydrogen-bond acceptors (Lipinski definition) is 3. The Balaban J connectivity index is 0.000000980. The molecule has 0 amide bonds. The molecule has 5 heteroatoms. The summed E-state index contributed by atoms with van der Waals surface area (Å²) in [5, 5.41) is 0. The second kappa shape index (κ2) is 6.77. The smallest absolute Gasteiger partial charge is 0.0642 e. The number of anilines is 2. The van der Waals surface area contributed by atoms with E-state index in [-0.39, 0.29) is 24.8 Å². The third kappa shape index (κ3) is 3.78. The molecule has 0 aromatic heterocycles. The molecule has 1 aliphatic heterocycles. The fraction of sp³-hybridized carbons (Fsp3) is 0.400. The Labute approximate surface area is 102 Å². The molecule has 1 heterocycles. The Morgan fingerprint density at radius 2 is 1.53 bits per heavy atom. The van der Waals surface area contributed by atoms with Gasteiger partial charge in [0, 0.05) is 24.5 Å². The summed E-state index contributed by atoms with van der Waals surface area (Å²) < 4.78 is 5.28. The van der Waals surface area contributed by atoms with Crippen LogP contribution in [-0.4, -0.2) is 26.3 Å². The highest BCUT2D eigenvalue weighted by Crippen LogP contribution is 2.16. The van der Waals surface area contributed by atoms with Gasteiger partial charge in [0.2, 0.25) is 0 Å². The van der Waals surface area contributed by atoms with Gasteiger partial charge >= 0.3 is 0 Å². The topological polar surface area (TPSA) is 38.5 Å². The first-order valence-electron chi connectivity index (χ1n) is 4.54. The van der Waals surface area contributed by atoms with Crippen LogP contribution >= 0.6 is 24.8 Å². The number of morpholine rings is 1. The van der Waals surface area contributed by atoms with E-state index in [4.69, 9.17) is 10.5 Å². The zero-order valence-corrected chi connectivity index (χ0v) is 10.0. The summed E-state index contributed by atoms with van der Waals surface area (Å²) in [5.74, 6) is 0. The van der Waals surface area contributed by atoms with E-state index in [1.807, 2.05) is 12.1 Å². The van der Waals surface area contributed by atoms with Crippen molar-refractivity contribution < 1.29 is 4.74 Å². The largest absolute Gasteiger partial charge is 0.399 e. The van der Waals surface area contributed by atoms with E-state index in [0.717, 1.165) is 32.0 Å². The number of hydrogen-bond donors (Lipinski definition) is 1. The van der Waals surface area contributed by atoms with Crippen LogP contribution in [0.5, 0.6) is 0 Å². The van der Waals surface area contributed by atoms with Crippen LogP contribution in [0.2, 0.25) is 0 Å². The van der Waals surface area contributed by atoms with Crippen molar-refractivity contribution in [3.8, 4) is 0 Å². The predicted octanol–water partition coefficient (Wildman–Crippen LogP) is 1.95. The molecule has 2 N–H and O–H groups in total. The van der Waals surface area contributed by atoms with Crippen LogP contribution in [0.3, 0.4) is 0 Å². The normalized spacial score (nSPS) is 15.1. The van der Waals surface area contributed by atoms with Gasteiger partial charge in [0.15, 0.2) is 0 Å². The standard InChI is InChI=1S/C10H14N2O.2ClH/c11-9-1-3-10(4-2-9)12-5-7-13-8-6-12;;/h1-4H,5-8,11H2;2*1H. The van der Waals surface area contributed by atoms with Gasteiger partial charge in [-0.1, -0.05) is 0 Å². The summed E-state index contributed by atoms with van der Waals surface area (Å²) in [6, 6.07) is 7.98. The maximum atomic E-state index is 5.61. The van der Waals surface area contributed by atoms with Gasteiger partial charge in [-0.15, -0.1) is 24.8 Å². The number of nitrogens with two attached hydrogens (primary N) is 1. The first kappa shape index (κ1) is 14.4. The fourth-order valence-corrected chi connectivity index (χ4v) is 1.51. The molecule has 0 unspecified atom stereocenters. The highest BCUT2D eigenvalue weighted by molar-refractivity contribution is 5.85. The van der Waals surface area contributed by atoms with Crippen molar-refractivity contribution in [3.05, 3.63) is 24.3 Å². The van der Waals surface area contributed by atoms with Crippen molar-refractivity contribution >= 4 is 36.2 Å². The van der Waals surface area contributed by atoms with Crippen LogP contribution in [0.1, 0.15) is 0 Å². The minimum atomic E-state index is 0. The van der Waals surface area contributed by atoms with Crippen LogP contribution in [-0.2, 0) is 4.74 Å². The summed E-state index contributed by atoms with van der Waals surface area (Å²) >= 11 is 0. The average molecular weight is 251 g/mol. The van der Waals surface area contributed by atoms with Gasteiger partial charge in [-0.2, -0.15) is 0 Å². The van der Waals surface area contributed by atoms with Crippen molar-refractivity contribution in [3.63, 3.8) is 0 Å². The second-order valence-corrected chi connectivity index (χ2v) is 3.19. The van der Waals surface area contributed by atoms with Crippen LogP contribution in [0, 0.1) is 0 Å². The van der Waals surface area contributed by atoms with Gasteiger partial charge in [-0.05, 0) is 24.3 Å². The number of rotatable bonds is 1. The van der Waals surface area contributed by atoms with Gasteiger partial charge in [0.25, 0.3) is 0 Å². The maximum Gasteiger partial charge on any atom is 0.0642 e. The van der Waals surface area contributed by atoms with Gasteiger partial charge in [0.05, 0.1) is 13.2 Å². The van der Waals surface area contributed by atoms with Crippen LogP contribution in [0.4, 0.5) is 11.4 Å². The third-order valence-electron chi connectivity index (χ3n) is 2.27. The summed E-state index contributed by atoms with van der Waals surface area (Å²) in [6.07, 6.45) is 0. The molecule has 1 aliphatic rings. The van der Waals surface area contributed by atoms with Gasteiger partial charge in [0.1, 0.15) is 0 Å². The van der Waals surface area contributed by atoms with Crippen molar-refractivity contribution in [1.29, 1.82) is 0 Å². The van der Waals surface area contributed by atoms with E-state index < -0.39 is 0 Å². The number of nitrogen functional groups attached to an aromatic ring is 1. The predicted molar refractivity (Wildman–Crippen MR) is 68.4 cm³/mol. The van der Waals surface area contributed by atoms with E-state index in [9.17, 15) is 0 Å². The fourth-order valence-electron chi connectivity index (χ4n) is 1.51. The van der Waals surface area contributed by atoms with E-state index >= 15 is 0 Å². The lowest BCUT2D eigenvalue weighted by Crippen LogP contribution is -2.36. The Kier molecular flexibility index (Phi) is 6.48. The monoisotopic (exact) mass is 250 g/mol. The lowest BCUT2D eigenvalue weighted by molar-refractivity contribution is 0.122. The second-order valence-electron chi connectivity index (χ2n) is 3.19. The zero-order chi connectivity index (χ0) is 9.10. The lowest BCUT2D eigenvalue weighted by Gasteiger charge is -2.28. The molecule has 1 saturated heterocycles. The quantitative estimate of drug-likeness (QED) is 0.775. The van der Waals surface area contributed by atoms with Crippen LogP contribution < -0.4 is 10.6 Å². The van der Waals surface area contributed by atoms with E-state index in [2.05, 4.69) is 17.0 Å². The van der Waals surface area contributed by atoms with Crippen molar-refractivity contribution in [2.24, 2.45) is 0 Å². The molecule has 0 aliphatic carbocycles. The summed E-state index contributed by atoms with van der Waals surface area (Å²) in [5.41, 5.74) is 7.66. The average Bonchev–Trinajstić information content (AvgIpc) is 2.20.